The van der Waals surface area contributed by atoms with E-state index >= 15 is 0 Å². The quantitative estimate of drug-likeness (QED) is 0.828. The Morgan fingerprint density at radius 1 is 1.67 bits per heavy atom. The SMILES string of the molecule is Cc1csc(CN(C)C(CN)C2CC2)n1. The number of hydrogen-bond acceptors (Lipinski definition) is 4. The van der Waals surface area contributed by atoms with Gasteiger partial charge in [0.05, 0.1) is 6.54 Å². The molecule has 0 aliphatic heterocycles. The van der Waals surface area contributed by atoms with Crippen molar-refractivity contribution < 1.29 is 0 Å². The van der Waals surface area contributed by atoms with Crippen molar-refractivity contribution in [2.75, 3.05) is 13.6 Å². The summed E-state index contributed by atoms with van der Waals surface area (Å²) in [5.74, 6) is 0.834. The van der Waals surface area contributed by atoms with Gasteiger partial charge in [0.1, 0.15) is 5.01 Å². The van der Waals surface area contributed by atoms with E-state index in [4.69, 9.17) is 5.73 Å². The van der Waals surface area contributed by atoms with Gasteiger partial charge in [0.15, 0.2) is 0 Å². The van der Waals surface area contributed by atoms with Crippen molar-refractivity contribution in [2.24, 2.45) is 11.7 Å². The second kappa shape index (κ2) is 4.60. The Hall–Kier alpha value is -0.450. The third-order valence-corrected chi connectivity index (χ3v) is 3.98. The molecule has 1 aliphatic carbocycles. The van der Waals surface area contributed by atoms with Crippen LogP contribution in [0, 0.1) is 12.8 Å². The van der Waals surface area contributed by atoms with Crippen LogP contribution in [-0.2, 0) is 6.54 Å². The molecule has 1 aromatic heterocycles. The van der Waals surface area contributed by atoms with E-state index in [1.165, 1.54) is 17.8 Å². The minimum Gasteiger partial charge on any atom is -0.329 e. The summed E-state index contributed by atoms with van der Waals surface area (Å²) in [4.78, 5) is 6.84. The second-order valence-corrected chi connectivity index (χ2v) is 5.38. The van der Waals surface area contributed by atoms with Crippen molar-refractivity contribution in [3.63, 3.8) is 0 Å². The fourth-order valence-electron chi connectivity index (χ4n) is 2.02. The molecule has 1 aromatic rings. The van der Waals surface area contributed by atoms with Crippen LogP contribution >= 0.6 is 11.3 Å². The molecule has 0 amide bonds. The highest BCUT2D eigenvalue weighted by molar-refractivity contribution is 7.09. The van der Waals surface area contributed by atoms with Gasteiger partial charge in [-0.1, -0.05) is 0 Å². The lowest BCUT2D eigenvalue weighted by atomic mass is 10.1. The molecule has 3 nitrogen and oxygen atoms in total. The van der Waals surface area contributed by atoms with Crippen LogP contribution < -0.4 is 5.73 Å². The number of thiazole rings is 1. The van der Waals surface area contributed by atoms with Gasteiger partial charge in [0, 0.05) is 23.7 Å². The maximum absolute atomic E-state index is 5.81. The van der Waals surface area contributed by atoms with Crippen LogP contribution in [0.3, 0.4) is 0 Å². The smallest absolute Gasteiger partial charge is 0.107 e. The molecule has 1 aliphatic rings. The number of aryl methyl sites for hydroxylation is 1. The Morgan fingerprint density at radius 3 is 2.87 bits per heavy atom. The van der Waals surface area contributed by atoms with Gasteiger partial charge in [-0.05, 0) is 32.7 Å². The fourth-order valence-corrected chi connectivity index (χ4v) is 2.85. The molecule has 1 atom stereocenters. The minimum absolute atomic E-state index is 0.550. The van der Waals surface area contributed by atoms with E-state index in [0.29, 0.717) is 6.04 Å². The first-order valence-electron chi connectivity index (χ1n) is 5.52. The molecule has 4 heteroatoms. The molecule has 0 aromatic carbocycles. The Morgan fingerprint density at radius 2 is 2.40 bits per heavy atom. The van der Waals surface area contributed by atoms with Crippen LogP contribution in [0.5, 0.6) is 0 Å². The summed E-state index contributed by atoms with van der Waals surface area (Å²) in [6.07, 6.45) is 2.70. The number of nitrogens with two attached hydrogens (primary N) is 1. The fraction of sp³-hybridized carbons (Fsp3) is 0.727. The Kier molecular flexibility index (Phi) is 3.38. The van der Waals surface area contributed by atoms with Gasteiger partial charge in [0.25, 0.3) is 0 Å². The number of rotatable bonds is 5. The third kappa shape index (κ3) is 2.77. The standard InChI is InChI=1S/C11H19N3S/c1-8-7-15-11(13-8)6-14(2)10(5-12)9-3-4-9/h7,9-10H,3-6,12H2,1-2H3. The van der Waals surface area contributed by atoms with Gasteiger partial charge in [-0.15, -0.1) is 11.3 Å². The number of hydrogen-bond donors (Lipinski definition) is 1. The maximum Gasteiger partial charge on any atom is 0.107 e. The molecule has 1 unspecified atom stereocenters. The third-order valence-electron chi connectivity index (χ3n) is 3.03. The normalized spacial score (nSPS) is 18.4. The van der Waals surface area contributed by atoms with E-state index in [1.54, 1.807) is 11.3 Å². The van der Waals surface area contributed by atoms with E-state index in [2.05, 4.69) is 22.3 Å². The molecule has 0 spiro atoms. The minimum atomic E-state index is 0.550. The summed E-state index contributed by atoms with van der Waals surface area (Å²) in [5.41, 5.74) is 6.94. The summed E-state index contributed by atoms with van der Waals surface area (Å²) in [6.45, 7) is 3.75. The van der Waals surface area contributed by atoms with E-state index in [0.717, 1.165) is 24.7 Å². The molecule has 1 saturated carbocycles. The van der Waals surface area contributed by atoms with Crippen molar-refractivity contribution in [1.29, 1.82) is 0 Å². The molecule has 2 rings (SSSR count). The Labute approximate surface area is 95.3 Å². The molecule has 0 bridgehead atoms. The summed E-state index contributed by atoms with van der Waals surface area (Å²) >= 11 is 1.74. The van der Waals surface area contributed by atoms with Crippen molar-refractivity contribution in [1.82, 2.24) is 9.88 Å². The van der Waals surface area contributed by atoms with Gasteiger partial charge in [-0.2, -0.15) is 0 Å². The van der Waals surface area contributed by atoms with Gasteiger partial charge in [0.2, 0.25) is 0 Å². The van der Waals surface area contributed by atoms with Crippen LogP contribution in [0.15, 0.2) is 5.38 Å². The van der Waals surface area contributed by atoms with Crippen molar-refractivity contribution in [3.8, 4) is 0 Å². The maximum atomic E-state index is 5.81. The molecule has 0 radical (unpaired) electrons. The first-order chi connectivity index (χ1) is 7.20. The molecule has 1 fully saturated rings. The van der Waals surface area contributed by atoms with E-state index in [1.807, 2.05) is 6.92 Å². The van der Waals surface area contributed by atoms with Gasteiger partial charge < -0.3 is 5.73 Å². The lowest BCUT2D eigenvalue weighted by Gasteiger charge is -2.25. The van der Waals surface area contributed by atoms with Crippen molar-refractivity contribution >= 4 is 11.3 Å². The van der Waals surface area contributed by atoms with Crippen LogP contribution in [0.2, 0.25) is 0 Å². The highest BCUT2D eigenvalue weighted by Gasteiger charge is 2.32. The molecule has 15 heavy (non-hydrogen) atoms. The first kappa shape index (κ1) is 11.0. The number of nitrogens with zero attached hydrogens (tertiary/aromatic N) is 2. The topological polar surface area (TPSA) is 42.1 Å². The summed E-state index contributed by atoms with van der Waals surface area (Å²) in [7, 11) is 2.16. The first-order valence-corrected chi connectivity index (χ1v) is 6.40. The van der Waals surface area contributed by atoms with Crippen LogP contribution in [0.1, 0.15) is 23.5 Å². The van der Waals surface area contributed by atoms with Gasteiger partial charge >= 0.3 is 0 Å². The summed E-state index contributed by atoms with van der Waals surface area (Å²) in [6, 6.07) is 0.550. The van der Waals surface area contributed by atoms with Crippen molar-refractivity contribution in [2.45, 2.75) is 32.4 Å². The zero-order valence-electron chi connectivity index (χ0n) is 9.44. The Balaban J connectivity index is 1.92. The molecule has 2 N–H and O–H groups in total. The van der Waals surface area contributed by atoms with E-state index in [9.17, 15) is 0 Å². The zero-order valence-corrected chi connectivity index (χ0v) is 10.3. The van der Waals surface area contributed by atoms with Gasteiger partial charge in [-0.25, -0.2) is 4.98 Å². The van der Waals surface area contributed by atoms with Crippen LogP contribution in [0.25, 0.3) is 0 Å². The van der Waals surface area contributed by atoms with Crippen molar-refractivity contribution in [3.05, 3.63) is 16.1 Å². The highest BCUT2D eigenvalue weighted by Crippen LogP contribution is 2.35. The lowest BCUT2D eigenvalue weighted by Crippen LogP contribution is -2.39. The number of aromatic nitrogens is 1. The van der Waals surface area contributed by atoms with Gasteiger partial charge in [-0.3, -0.25) is 4.90 Å². The number of likely N-dealkylation sites (N-methyl/N-ethyl adjacent to an activating group) is 1. The predicted octanol–water partition coefficient (Wildman–Crippen LogP) is 1.62. The summed E-state index contributed by atoms with van der Waals surface area (Å²) < 4.78 is 0. The highest BCUT2D eigenvalue weighted by atomic mass is 32.1. The summed E-state index contributed by atoms with van der Waals surface area (Å²) in [5, 5.41) is 3.31. The Bertz CT molecular complexity index is 319. The zero-order chi connectivity index (χ0) is 10.8. The lowest BCUT2D eigenvalue weighted by molar-refractivity contribution is 0.215. The average Bonchev–Trinajstić information content (AvgIpc) is 2.93. The monoisotopic (exact) mass is 225 g/mol. The molecule has 1 heterocycles. The largest absolute Gasteiger partial charge is 0.329 e. The molecular weight excluding hydrogens is 206 g/mol. The van der Waals surface area contributed by atoms with Crippen LogP contribution in [0.4, 0.5) is 0 Å². The molecule has 84 valence electrons. The molecular formula is C11H19N3S. The van der Waals surface area contributed by atoms with E-state index < -0.39 is 0 Å². The predicted molar refractivity (Wildman–Crippen MR) is 63.9 cm³/mol. The van der Waals surface area contributed by atoms with E-state index in [-0.39, 0.29) is 0 Å². The second-order valence-electron chi connectivity index (χ2n) is 4.44. The average molecular weight is 225 g/mol. The molecule has 0 saturated heterocycles. The van der Waals surface area contributed by atoms with Crippen LogP contribution in [-0.4, -0.2) is 29.5 Å².